The van der Waals surface area contributed by atoms with Crippen molar-refractivity contribution < 1.29 is 4.79 Å². The average Bonchev–Trinajstić information content (AvgIpc) is 2.83. The maximum Gasteiger partial charge on any atom is 0.242 e. The highest BCUT2D eigenvalue weighted by atomic mass is 32.2. The third-order valence-corrected chi connectivity index (χ3v) is 4.07. The number of hydrogen-bond acceptors (Lipinski definition) is 4. The highest BCUT2D eigenvalue weighted by Gasteiger charge is 2.22. The van der Waals surface area contributed by atoms with Gasteiger partial charge in [0.05, 0.1) is 6.04 Å². The molecule has 1 aromatic rings. The molecular weight excluding hydrogens is 240 g/mol. The van der Waals surface area contributed by atoms with Crippen molar-refractivity contribution in [3.63, 3.8) is 0 Å². The van der Waals surface area contributed by atoms with E-state index in [2.05, 4.69) is 10.6 Å². The largest absolute Gasteiger partial charge is 0.325 e. The van der Waals surface area contributed by atoms with Gasteiger partial charge < -0.3 is 5.32 Å². The smallest absolute Gasteiger partial charge is 0.242 e. The van der Waals surface area contributed by atoms with E-state index in [1.807, 2.05) is 30.5 Å². The maximum absolute atomic E-state index is 11.8. The van der Waals surface area contributed by atoms with E-state index >= 15 is 0 Å². The van der Waals surface area contributed by atoms with Gasteiger partial charge in [-0.05, 0) is 30.5 Å². The number of benzene rings is 1. The molecule has 0 spiro atoms. The van der Waals surface area contributed by atoms with Crippen LogP contribution in [0.2, 0.25) is 0 Å². The van der Waals surface area contributed by atoms with E-state index in [1.165, 1.54) is 4.90 Å². The van der Waals surface area contributed by atoms with E-state index in [4.69, 9.17) is 0 Å². The summed E-state index contributed by atoms with van der Waals surface area (Å²) in [4.78, 5) is 13.0. The summed E-state index contributed by atoms with van der Waals surface area (Å²) >= 11 is 3.45. The molecule has 1 unspecified atom stereocenters. The van der Waals surface area contributed by atoms with E-state index in [0.29, 0.717) is 0 Å². The predicted octanol–water partition coefficient (Wildman–Crippen LogP) is 2.01. The molecule has 1 heterocycles. The van der Waals surface area contributed by atoms with Gasteiger partial charge in [0.2, 0.25) is 5.91 Å². The second kappa shape index (κ2) is 5.61. The van der Waals surface area contributed by atoms with Gasteiger partial charge in [-0.15, -0.1) is 23.5 Å². The van der Waals surface area contributed by atoms with Gasteiger partial charge in [-0.1, -0.05) is 0 Å². The Labute approximate surface area is 104 Å². The molecular formula is C11H14N2OS2. The normalized spacial score (nSPS) is 19.7. The molecule has 86 valence electrons. The Kier molecular flexibility index (Phi) is 4.15. The summed E-state index contributed by atoms with van der Waals surface area (Å²) in [6, 6.07) is 7.84. The Balaban J connectivity index is 1.94. The highest BCUT2D eigenvalue weighted by molar-refractivity contribution is 7.99. The summed E-state index contributed by atoms with van der Waals surface area (Å²) in [5, 5.41) is 6.06. The van der Waals surface area contributed by atoms with Gasteiger partial charge in [-0.3, -0.25) is 10.1 Å². The third-order valence-electron chi connectivity index (χ3n) is 2.39. The van der Waals surface area contributed by atoms with Crippen LogP contribution in [0, 0.1) is 0 Å². The number of carbonyl (C=O) groups excluding carboxylic acids is 1. The number of nitrogens with one attached hydrogen (secondary N) is 2. The molecule has 1 aliphatic heterocycles. The molecule has 1 fully saturated rings. The topological polar surface area (TPSA) is 41.1 Å². The summed E-state index contributed by atoms with van der Waals surface area (Å²) in [5.74, 6) is 1.78. The lowest BCUT2D eigenvalue weighted by molar-refractivity contribution is -0.117. The van der Waals surface area contributed by atoms with Crippen LogP contribution in [0.1, 0.15) is 0 Å². The van der Waals surface area contributed by atoms with E-state index in [9.17, 15) is 4.79 Å². The summed E-state index contributed by atoms with van der Waals surface area (Å²) in [5.41, 5.74) is 0.863. The molecule has 16 heavy (non-hydrogen) atoms. The van der Waals surface area contributed by atoms with Gasteiger partial charge in [0.25, 0.3) is 0 Å². The first-order valence-electron chi connectivity index (χ1n) is 5.05. The molecule has 2 N–H and O–H groups in total. The van der Waals surface area contributed by atoms with Crippen LogP contribution in [0.15, 0.2) is 29.2 Å². The Morgan fingerprint density at radius 3 is 2.81 bits per heavy atom. The first-order chi connectivity index (χ1) is 7.79. The summed E-state index contributed by atoms with van der Waals surface area (Å²) in [7, 11) is 0. The van der Waals surface area contributed by atoms with Gasteiger partial charge in [-0.25, -0.2) is 0 Å². The monoisotopic (exact) mass is 254 g/mol. The average molecular weight is 254 g/mol. The minimum atomic E-state index is -0.0507. The van der Waals surface area contributed by atoms with Crippen LogP contribution in [0.4, 0.5) is 5.69 Å². The standard InChI is InChI=1S/C11H14N2OS2/c1-15-9-4-2-8(3-5-9)13-11(14)10-6-16-7-12-10/h2-5,10,12H,6-7H2,1H3,(H,13,14). The molecule has 1 saturated heterocycles. The number of anilines is 1. The van der Waals surface area contributed by atoms with Crippen molar-refractivity contribution in [1.29, 1.82) is 0 Å². The van der Waals surface area contributed by atoms with E-state index in [-0.39, 0.29) is 11.9 Å². The molecule has 1 amide bonds. The van der Waals surface area contributed by atoms with Crippen LogP contribution in [0.25, 0.3) is 0 Å². The fourth-order valence-electron chi connectivity index (χ4n) is 1.47. The minimum Gasteiger partial charge on any atom is -0.325 e. The van der Waals surface area contributed by atoms with Crippen molar-refractivity contribution in [2.24, 2.45) is 0 Å². The second-order valence-electron chi connectivity index (χ2n) is 3.49. The van der Waals surface area contributed by atoms with Gasteiger partial charge in [0.15, 0.2) is 0 Å². The number of carbonyl (C=O) groups is 1. The predicted molar refractivity (Wildman–Crippen MR) is 71.1 cm³/mol. The quantitative estimate of drug-likeness (QED) is 0.810. The Hall–Kier alpha value is -0.650. The molecule has 1 aromatic carbocycles. The summed E-state index contributed by atoms with van der Waals surface area (Å²) in [6.07, 6.45) is 2.03. The third kappa shape index (κ3) is 2.93. The Bertz CT molecular complexity index is 361. The van der Waals surface area contributed by atoms with Gasteiger partial charge in [-0.2, -0.15) is 0 Å². The molecule has 1 atom stereocenters. The molecule has 0 aliphatic carbocycles. The van der Waals surface area contributed by atoms with Crippen molar-refractivity contribution in [3.05, 3.63) is 24.3 Å². The Morgan fingerprint density at radius 1 is 1.50 bits per heavy atom. The molecule has 1 aliphatic rings. The number of thioether (sulfide) groups is 2. The molecule has 5 heteroatoms. The maximum atomic E-state index is 11.8. The van der Waals surface area contributed by atoms with Crippen molar-refractivity contribution in [3.8, 4) is 0 Å². The molecule has 0 radical (unpaired) electrons. The number of hydrogen-bond donors (Lipinski definition) is 2. The van der Waals surface area contributed by atoms with Crippen LogP contribution < -0.4 is 10.6 Å². The minimum absolute atomic E-state index is 0.0507. The fraction of sp³-hybridized carbons (Fsp3) is 0.364. The van der Waals surface area contributed by atoms with Crippen LogP contribution >= 0.6 is 23.5 Å². The lowest BCUT2D eigenvalue weighted by atomic mass is 10.2. The van der Waals surface area contributed by atoms with Gasteiger partial charge in [0.1, 0.15) is 0 Å². The second-order valence-corrected chi connectivity index (χ2v) is 5.40. The van der Waals surface area contributed by atoms with E-state index in [0.717, 1.165) is 17.3 Å². The van der Waals surface area contributed by atoms with E-state index in [1.54, 1.807) is 23.5 Å². The number of rotatable bonds is 3. The van der Waals surface area contributed by atoms with Crippen molar-refractivity contribution in [2.45, 2.75) is 10.9 Å². The Morgan fingerprint density at radius 2 is 2.25 bits per heavy atom. The zero-order valence-corrected chi connectivity index (χ0v) is 10.7. The van der Waals surface area contributed by atoms with Crippen molar-refractivity contribution in [2.75, 3.05) is 23.2 Å². The zero-order valence-electron chi connectivity index (χ0n) is 9.03. The van der Waals surface area contributed by atoms with Crippen LogP contribution in [-0.4, -0.2) is 29.8 Å². The van der Waals surface area contributed by atoms with Crippen molar-refractivity contribution >= 4 is 35.1 Å². The summed E-state index contributed by atoms with van der Waals surface area (Å²) < 4.78 is 0. The first-order valence-corrected chi connectivity index (χ1v) is 7.43. The van der Waals surface area contributed by atoms with Gasteiger partial charge >= 0.3 is 0 Å². The number of amides is 1. The molecule has 0 aromatic heterocycles. The lowest BCUT2D eigenvalue weighted by Crippen LogP contribution is -2.37. The summed E-state index contributed by atoms with van der Waals surface area (Å²) in [6.45, 7) is 0. The fourth-order valence-corrected chi connectivity index (χ4v) is 2.82. The first kappa shape index (κ1) is 11.8. The van der Waals surface area contributed by atoms with Crippen LogP contribution in [0.5, 0.6) is 0 Å². The van der Waals surface area contributed by atoms with E-state index < -0.39 is 0 Å². The van der Waals surface area contributed by atoms with Gasteiger partial charge in [0, 0.05) is 22.2 Å². The molecule has 0 saturated carbocycles. The molecule has 3 nitrogen and oxygen atoms in total. The van der Waals surface area contributed by atoms with Crippen molar-refractivity contribution in [1.82, 2.24) is 5.32 Å². The molecule has 0 bridgehead atoms. The van der Waals surface area contributed by atoms with Crippen LogP contribution in [-0.2, 0) is 4.79 Å². The van der Waals surface area contributed by atoms with Crippen LogP contribution in [0.3, 0.4) is 0 Å². The zero-order chi connectivity index (χ0) is 11.4. The molecule has 2 rings (SSSR count). The lowest BCUT2D eigenvalue weighted by Gasteiger charge is -2.10. The SMILES string of the molecule is CSc1ccc(NC(=O)C2CSCN2)cc1. The highest BCUT2D eigenvalue weighted by Crippen LogP contribution is 2.18.